The van der Waals surface area contributed by atoms with Gasteiger partial charge in [0.05, 0.1) is 14.2 Å². The van der Waals surface area contributed by atoms with Gasteiger partial charge in [0.1, 0.15) is 0 Å². The Bertz CT molecular complexity index is 1070. The molecule has 0 aliphatic heterocycles. The first-order chi connectivity index (χ1) is 15.8. The summed E-state index contributed by atoms with van der Waals surface area (Å²) in [5.41, 5.74) is 3.47. The van der Waals surface area contributed by atoms with Gasteiger partial charge in [-0.15, -0.1) is 0 Å². The van der Waals surface area contributed by atoms with E-state index in [9.17, 15) is 4.79 Å². The Kier molecular flexibility index (Phi) is 8.50. The Morgan fingerprint density at radius 3 is 2.33 bits per heavy atom. The van der Waals surface area contributed by atoms with E-state index in [1.807, 2.05) is 35.2 Å². The van der Waals surface area contributed by atoms with Crippen LogP contribution in [0.2, 0.25) is 0 Å². The molecule has 0 aliphatic carbocycles. The molecule has 0 N–H and O–H groups in total. The maximum atomic E-state index is 13.3. The number of amides is 1. The normalized spacial score (nSPS) is 11.0. The van der Waals surface area contributed by atoms with Crippen LogP contribution in [0.15, 0.2) is 62.9 Å². The van der Waals surface area contributed by atoms with Crippen molar-refractivity contribution in [1.82, 2.24) is 4.90 Å². The van der Waals surface area contributed by atoms with Gasteiger partial charge in [0.2, 0.25) is 0 Å². The van der Waals surface area contributed by atoms with Crippen LogP contribution in [0.25, 0.3) is 0 Å². The van der Waals surface area contributed by atoms with Crippen molar-refractivity contribution in [2.45, 2.75) is 44.1 Å². The molecule has 3 rings (SSSR count). The van der Waals surface area contributed by atoms with E-state index in [0.29, 0.717) is 42.7 Å². The van der Waals surface area contributed by atoms with E-state index in [2.05, 4.69) is 39.8 Å². The fourth-order valence-electron chi connectivity index (χ4n) is 3.72. The molecule has 33 heavy (non-hydrogen) atoms. The Morgan fingerprint density at radius 1 is 1.00 bits per heavy atom. The minimum Gasteiger partial charge on any atom is -0.493 e. The summed E-state index contributed by atoms with van der Waals surface area (Å²) in [6.45, 7) is 9.65. The van der Waals surface area contributed by atoms with E-state index in [1.54, 1.807) is 32.0 Å². The maximum absolute atomic E-state index is 13.3. The maximum Gasteiger partial charge on any atom is 0.289 e. The molecule has 0 unspecified atom stereocenters. The highest BCUT2D eigenvalue weighted by molar-refractivity contribution is 7.99. The van der Waals surface area contributed by atoms with Gasteiger partial charge in [-0.2, -0.15) is 0 Å². The standard InChI is InChI=1S/C27H33NO4S/c1-18(2)17-28(15-14-21-10-11-22(30-5)24(16-21)31-6)27(29)23-12-13-25(32-23)33-26-19(3)8-7-9-20(26)4/h7-13,16,18H,14-15,17H2,1-6H3. The first-order valence-electron chi connectivity index (χ1n) is 11.2. The van der Waals surface area contributed by atoms with E-state index in [4.69, 9.17) is 13.9 Å². The fraction of sp³-hybridized carbons (Fsp3) is 0.370. The van der Waals surface area contributed by atoms with Gasteiger partial charge in [0.25, 0.3) is 5.91 Å². The molecule has 1 aromatic heterocycles. The van der Waals surface area contributed by atoms with Crippen LogP contribution in [0.5, 0.6) is 11.5 Å². The summed E-state index contributed by atoms with van der Waals surface area (Å²) in [6, 6.07) is 15.7. The molecule has 0 bridgehead atoms. The molecule has 0 atom stereocenters. The molecule has 0 radical (unpaired) electrons. The van der Waals surface area contributed by atoms with Gasteiger partial charge in [-0.05, 0) is 67.1 Å². The van der Waals surface area contributed by atoms with Crippen molar-refractivity contribution in [1.29, 1.82) is 0 Å². The fourth-order valence-corrected chi connectivity index (χ4v) is 4.65. The van der Waals surface area contributed by atoms with Gasteiger partial charge in [0.15, 0.2) is 22.4 Å². The van der Waals surface area contributed by atoms with Gasteiger partial charge in [-0.3, -0.25) is 4.79 Å². The summed E-state index contributed by atoms with van der Waals surface area (Å²) in [5.74, 6) is 2.02. The highest BCUT2D eigenvalue weighted by atomic mass is 32.2. The third-order valence-electron chi connectivity index (χ3n) is 5.39. The van der Waals surface area contributed by atoms with Gasteiger partial charge in [0, 0.05) is 18.0 Å². The van der Waals surface area contributed by atoms with Gasteiger partial charge in [-0.25, -0.2) is 0 Å². The summed E-state index contributed by atoms with van der Waals surface area (Å²) in [7, 11) is 3.25. The number of nitrogens with zero attached hydrogens (tertiary/aromatic N) is 1. The van der Waals surface area contributed by atoms with E-state index >= 15 is 0 Å². The molecular weight excluding hydrogens is 434 g/mol. The Morgan fingerprint density at radius 2 is 1.70 bits per heavy atom. The van der Waals surface area contributed by atoms with Crippen LogP contribution < -0.4 is 9.47 Å². The van der Waals surface area contributed by atoms with Crippen LogP contribution in [0.1, 0.15) is 41.1 Å². The highest BCUT2D eigenvalue weighted by Crippen LogP contribution is 2.34. The molecule has 5 nitrogen and oxygen atoms in total. The summed E-state index contributed by atoms with van der Waals surface area (Å²) >= 11 is 1.56. The first kappa shape index (κ1) is 24.8. The Hall–Kier alpha value is -2.86. The van der Waals surface area contributed by atoms with Gasteiger partial charge >= 0.3 is 0 Å². The van der Waals surface area contributed by atoms with Gasteiger partial charge in [-0.1, -0.05) is 49.9 Å². The Labute approximate surface area is 201 Å². The lowest BCUT2D eigenvalue weighted by Gasteiger charge is -2.24. The topological polar surface area (TPSA) is 51.9 Å². The van der Waals surface area contributed by atoms with E-state index in [0.717, 1.165) is 10.7 Å². The largest absolute Gasteiger partial charge is 0.493 e. The van der Waals surface area contributed by atoms with E-state index < -0.39 is 0 Å². The predicted molar refractivity (Wildman–Crippen MR) is 133 cm³/mol. The number of hydrogen-bond acceptors (Lipinski definition) is 5. The smallest absolute Gasteiger partial charge is 0.289 e. The van der Waals surface area contributed by atoms with Crippen molar-refractivity contribution in [3.8, 4) is 11.5 Å². The number of hydrogen-bond donors (Lipinski definition) is 0. The van der Waals surface area contributed by atoms with Crippen molar-refractivity contribution < 1.29 is 18.7 Å². The molecule has 176 valence electrons. The summed E-state index contributed by atoms with van der Waals surface area (Å²) < 4.78 is 16.7. The molecule has 0 saturated carbocycles. The SMILES string of the molecule is COc1ccc(CCN(CC(C)C)C(=O)c2ccc(Sc3c(C)cccc3C)o2)cc1OC. The zero-order valence-corrected chi connectivity index (χ0v) is 21.1. The van der Waals surface area contributed by atoms with Crippen molar-refractivity contribution in [3.63, 3.8) is 0 Å². The summed E-state index contributed by atoms with van der Waals surface area (Å²) in [5, 5.41) is 0.722. The van der Waals surface area contributed by atoms with Crippen LogP contribution in [0, 0.1) is 19.8 Å². The molecule has 6 heteroatoms. The third kappa shape index (κ3) is 6.35. The number of methoxy groups -OCH3 is 2. The second-order valence-corrected chi connectivity index (χ2v) is 9.54. The summed E-state index contributed by atoms with van der Waals surface area (Å²) in [6.07, 6.45) is 0.712. The molecule has 2 aromatic carbocycles. The van der Waals surface area contributed by atoms with Crippen LogP contribution >= 0.6 is 11.8 Å². The van der Waals surface area contributed by atoms with Crippen molar-refractivity contribution >= 4 is 17.7 Å². The van der Waals surface area contributed by atoms with Crippen LogP contribution in [0.4, 0.5) is 0 Å². The minimum absolute atomic E-state index is 0.0856. The molecule has 0 aliphatic rings. The molecule has 1 heterocycles. The second kappa shape index (κ2) is 11.3. The van der Waals surface area contributed by atoms with Crippen LogP contribution in [0.3, 0.4) is 0 Å². The van der Waals surface area contributed by atoms with E-state index in [1.165, 1.54) is 16.0 Å². The van der Waals surface area contributed by atoms with Crippen LogP contribution in [-0.2, 0) is 6.42 Å². The number of carbonyl (C=O) groups is 1. The number of furan rings is 1. The lowest BCUT2D eigenvalue weighted by molar-refractivity contribution is 0.0700. The van der Waals surface area contributed by atoms with Crippen LogP contribution in [-0.4, -0.2) is 38.1 Å². The number of aryl methyl sites for hydroxylation is 2. The lowest BCUT2D eigenvalue weighted by atomic mass is 10.1. The van der Waals surface area contributed by atoms with Gasteiger partial charge < -0.3 is 18.8 Å². The summed E-state index contributed by atoms with van der Waals surface area (Å²) in [4.78, 5) is 16.3. The highest BCUT2D eigenvalue weighted by Gasteiger charge is 2.21. The third-order valence-corrected chi connectivity index (χ3v) is 6.66. The molecular formula is C27H33NO4S. The van der Waals surface area contributed by atoms with Crippen molar-refractivity contribution in [2.75, 3.05) is 27.3 Å². The molecule has 3 aromatic rings. The van der Waals surface area contributed by atoms with E-state index in [-0.39, 0.29) is 5.91 Å². The van der Waals surface area contributed by atoms with Crippen molar-refractivity contribution in [2.24, 2.45) is 5.92 Å². The minimum atomic E-state index is -0.0856. The number of ether oxygens (including phenoxy) is 2. The van der Waals surface area contributed by atoms with Crippen molar-refractivity contribution in [3.05, 3.63) is 71.0 Å². The Balaban J connectivity index is 1.73. The molecule has 1 amide bonds. The first-order valence-corrected chi connectivity index (χ1v) is 12.0. The number of benzene rings is 2. The molecule has 0 saturated heterocycles. The monoisotopic (exact) mass is 467 g/mol. The quantitative estimate of drug-likeness (QED) is 0.345. The number of rotatable bonds is 10. The second-order valence-electron chi connectivity index (χ2n) is 8.53. The molecule has 0 fully saturated rings. The predicted octanol–water partition coefficient (Wildman–Crippen LogP) is 6.41. The molecule has 0 spiro atoms. The number of carbonyl (C=O) groups excluding carboxylic acids is 1. The lowest BCUT2D eigenvalue weighted by Crippen LogP contribution is -2.35. The average molecular weight is 468 g/mol. The average Bonchev–Trinajstić information content (AvgIpc) is 3.27. The zero-order valence-electron chi connectivity index (χ0n) is 20.3. The zero-order chi connectivity index (χ0) is 24.0.